The molecule has 0 N–H and O–H groups in total. The Hall–Kier alpha value is -2.89. The molecule has 1 aliphatic rings. The molecule has 0 unspecified atom stereocenters. The molecule has 0 aliphatic carbocycles. The van der Waals surface area contributed by atoms with Gasteiger partial charge in [0.2, 0.25) is 0 Å². The number of rotatable bonds is 4. The van der Waals surface area contributed by atoms with Gasteiger partial charge in [-0.2, -0.15) is 0 Å². The number of piperazine rings is 1. The van der Waals surface area contributed by atoms with E-state index in [0.717, 1.165) is 5.56 Å². The fraction of sp³-hybridized carbons (Fsp3) is 0.300. The molecule has 2 aromatic rings. The summed E-state index contributed by atoms with van der Waals surface area (Å²) >= 11 is 0. The zero-order chi connectivity index (χ0) is 18.5. The summed E-state index contributed by atoms with van der Waals surface area (Å²) < 4.78 is 19.4. The van der Waals surface area contributed by atoms with Gasteiger partial charge in [-0.05, 0) is 30.7 Å². The minimum Gasteiger partial charge on any atom is -0.484 e. The van der Waals surface area contributed by atoms with E-state index < -0.39 is 5.82 Å². The number of ether oxygens (including phenoxy) is 1. The quantitative estimate of drug-likeness (QED) is 0.846. The largest absolute Gasteiger partial charge is 0.484 e. The molecule has 2 aromatic carbocycles. The van der Waals surface area contributed by atoms with Crippen LogP contribution >= 0.6 is 0 Å². The molecule has 6 heteroatoms. The lowest BCUT2D eigenvalue weighted by Crippen LogP contribution is -2.51. The van der Waals surface area contributed by atoms with E-state index in [1.54, 1.807) is 21.9 Å². The highest BCUT2D eigenvalue weighted by molar-refractivity contribution is 5.94. The van der Waals surface area contributed by atoms with Crippen LogP contribution in [0.15, 0.2) is 48.5 Å². The lowest BCUT2D eigenvalue weighted by atomic mass is 10.1. The van der Waals surface area contributed by atoms with Crippen LogP contribution < -0.4 is 4.74 Å². The van der Waals surface area contributed by atoms with Crippen LogP contribution in [-0.2, 0) is 4.79 Å². The summed E-state index contributed by atoms with van der Waals surface area (Å²) in [6.07, 6.45) is 0. The van der Waals surface area contributed by atoms with Crippen molar-refractivity contribution in [2.24, 2.45) is 0 Å². The third kappa shape index (κ3) is 4.02. The molecule has 1 fully saturated rings. The van der Waals surface area contributed by atoms with Gasteiger partial charge in [0.05, 0.1) is 5.56 Å². The number of halogens is 1. The highest BCUT2D eigenvalue weighted by atomic mass is 19.1. The van der Waals surface area contributed by atoms with Gasteiger partial charge >= 0.3 is 0 Å². The van der Waals surface area contributed by atoms with Crippen LogP contribution in [0.1, 0.15) is 15.9 Å². The van der Waals surface area contributed by atoms with Gasteiger partial charge in [0, 0.05) is 26.2 Å². The first-order valence-corrected chi connectivity index (χ1v) is 8.56. The van der Waals surface area contributed by atoms with Crippen LogP contribution in [0.5, 0.6) is 5.75 Å². The molecule has 3 rings (SSSR count). The summed E-state index contributed by atoms with van der Waals surface area (Å²) in [6, 6.07) is 13.5. The SMILES string of the molecule is Cc1ccccc1OCC(=O)N1CCN(C(=O)c2ccccc2F)CC1. The van der Waals surface area contributed by atoms with E-state index in [4.69, 9.17) is 4.74 Å². The minimum atomic E-state index is -0.525. The highest BCUT2D eigenvalue weighted by Crippen LogP contribution is 2.17. The van der Waals surface area contributed by atoms with Crippen LogP contribution in [0.4, 0.5) is 4.39 Å². The summed E-state index contributed by atoms with van der Waals surface area (Å²) in [5.41, 5.74) is 1.04. The van der Waals surface area contributed by atoms with Crippen molar-refractivity contribution >= 4 is 11.8 Å². The van der Waals surface area contributed by atoms with E-state index in [1.165, 1.54) is 12.1 Å². The molecular formula is C20H21FN2O3. The van der Waals surface area contributed by atoms with Crippen molar-refractivity contribution in [3.8, 4) is 5.75 Å². The van der Waals surface area contributed by atoms with E-state index in [0.29, 0.717) is 31.9 Å². The maximum absolute atomic E-state index is 13.8. The van der Waals surface area contributed by atoms with E-state index in [-0.39, 0.29) is 24.0 Å². The first-order valence-electron chi connectivity index (χ1n) is 8.56. The molecule has 0 radical (unpaired) electrons. The number of para-hydroxylation sites is 1. The molecule has 136 valence electrons. The number of hydrogen-bond donors (Lipinski definition) is 0. The highest BCUT2D eigenvalue weighted by Gasteiger charge is 2.26. The number of nitrogens with zero attached hydrogens (tertiary/aromatic N) is 2. The van der Waals surface area contributed by atoms with Crippen molar-refractivity contribution in [2.45, 2.75) is 6.92 Å². The normalized spacial score (nSPS) is 14.2. The van der Waals surface area contributed by atoms with Crippen molar-refractivity contribution in [2.75, 3.05) is 32.8 Å². The molecule has 1 saturated heterocycles. The lowest BCUT2D eigenvalue weighted by Gasteiger charge is -2.34. The van der Waals surface area contributed by atoms with Crippen LogP contribution in [0, 0.1) is 12.7 Å². The summed E-state index contributed by atoms with van der Waals surface area (Å²) in [7, 11) is 0. The monoisotopic (exact) mass is 356 g/mol. The van der Waals surface area contributed by atoms with Gasteiger partial charge in [-0.3, -0.25) is 9.59 Å². The van der Waals surface area contributed by atoms with Gasteiger partial charge in [-0.25, -0.2) is 4.39 Å². The molecule has 0 bridgehead atoms. The van der Waals surface area contributed by atoms with Crippen molar-refractivity contribution < 1.29 is 18.7 Å². The minimum absolute atomic E-state index is 0.0356. The van der Waals surface area contributed by atoms with Crippen LogP contribution in [0.2, 0.25) is 0 Å². The van der Waals surface area contributed by atoms with Crippen LogP contribution in [0.3, 0.4) is 0 Å². The van der Waals surface area contributed by atoms with Gasteiger partial charge in [0.15, 0.2) is 6.61 Å². The second kappa shape index (κ2) is 7.99. The Morgan fingerprint density at radius 2 is 1.58 bits per heavy atom. The fourth-order valence-corrected chi connectivity index (χ4v) is 2.91. The molecule has 26 heavy (non-hydrogen) atoms. The summed E-state index contributed by atoms with van der Waals surface area (Å²) in [6.45, 7) is 3.47. The van der Waals surface area contributed by atoms with Crippen LogP contribution in [0.25, 0.3) is 0 Å². The summed E-state index contributed by atoms with van der Waals surface area (Å²) in [5.74, 6) is -0.297. The molecule has 1 heterocycles. The molecule has 1 aliphatic heterocycles. The van der Waals surface area contributed by atoms with Gasteiger partial charge in [0.1, 0.15) is 11.6 Å². The molecule has 0 aromatic heterocycles. The third-order valence-electron chi connectivity index (χ3n) is 4.47. The fourth-order valence-electron chi connectivity index (χ4n) is 2.91. The van der Waals surface area contributed by atoms with E-state index in [1.807, 2.05) is 31.2 Å². The van der Waals surface area contributed by atoms with Gasteiger partial charge in [-0.1, -0.05) is 30.3 Å². The first kappa shape index (κ1) is 17.9. The third-order valence-corrected chi connectivity index (χ3v) is 4.47. The van der Waals surface area contributed by atoms with E-state index >= 15 is 0 Å². The molecule has 2 amide bonds. The maximum atomic E-state index is 13.8. The van der Waals surface area contributed by atoms with E-state index in [2.05, 4.69) is 0 Å². The van der Waals surface area contributed by atoms with Gasteiger partial charge in [0.25, 0.3) is 11.8 Å². The molecular weight excluding hydrogens is 335 g/mol. The average Bonchev–Trinajstić information content (AvgIpc) is 2.67. The van der Waals surface area contributed by atoms with Gasteiger partial charge < -0.3 is 14.5 Å². The Balaban J connectivity index is 1.52. The predicted molar refractivity (Wildman–Crippen MR) is 95.6 cm³/mol. The van der Waals surface area contributed by atoms with Gasteiger partial charge in [-0.15, -0.1) is 0 Å². The number of carbonyl (C=O) groups excluding carboxylic acids is 2. The van der Waals surface area contributed by atoms with Crippen molar-refractivity contribution in [1.29, 1.82) is 0 Å². The second-order valence-electron chi connectivity index (χ2n) is 6.21. The number of aryl methyl sites for hydroxylation is 1. The Labute approximate surface area is 152 Å². The number of carbonyl (C=O) groups is 2. The molecule has 0 atom stereocenters. The Morgan fingerprint density at radius 3 is 2.27 bits per heavy atom. The summed E-state index contributed by atoms with van der Waals surface area (Å²) in [5, 5.41) is 0. The topological polar surface area (TPSA) is 49.9 Å². The number of amides is 2. The average molecular weight is 356 g/mol. The Kier molecular flexibility index (Phi) is 5.51. The lowest BCUT2D eigenvalue weighted by molar-refractivity contribution is -0.134. The number of benzene rings is 2. The van der Waals surface area contributed by atoms with Crippen molar-refractivity contribution in [3.63, 3.8) is 0 Å². The Bertz CT molecular complexity index is 801. The standard InChI is InChI=1S/C20H21FN2O3/c1-15-6-2-5-9-18(15)26-14-19(24)22-10-12-23(13-11-22)20(25)16-7-3-4-8-17(16)21/h2-9H,10-14H2,1H3. The van der Waals surface area contributed by atoms with Crippen LogP contribution in [-0.4, -0.2) is 54.4 Å². The molecule has 0 saturated carbocycles. The second-order valence-corrected chi connectivity index (χ2v) is 6.21. The summed E-state index contributed by atoms with van der Waals surface area (Å²) in [4.78, 5) is 28.0. The molecule has 0 spiro atoms. The first-order chi connectivity index (χ1) is 12.6. The van der Waals surface area contributed by atoms with Crippen molar-refractivity contribution in [3.05, 3.63) is 65.5 Å². The van der Waals surface area contributed by atoms with E-state index in [9.17, 15) is 14.0 Å². The smallest absolute Gasteiger partial charge is 0.260 e. The predicted octanol–water partition coefficient (Wildman–Crippen LogP) is 2.50. The van der Waals surface area contributed by atoms with Crippen molar-refractivity contribution in [1.82, 2.24) is 9.80 Å². The Morgan fingerprint density at radius 1 is 0.962 bits per heavy atom. The zero-order valence-electron chi connectivity index (χ0n) is 14.7. The zero-order valence-corrected chi connectivity index (χ0v) is 14.7. The maximum Gasteiger partial charge on any atom is 0.260 e. The molecule has 5 nitrogen and oxygen atoms in total. The number of hydrogen-bond acceptors (Lipinski definition) is 3.